The van der Waals surface area contributed by atoms with Gasteiger partial charge >= 0.3 is 0 Å². The van der Waals surface area contributed by atoms with Crippen LogP contribution in [0.5, 0.6) is 0 Å². The van der Waals surface area contributed by atoms with E-state index < -0.39 is 16.1 Å². The van der Waals surface area contributed by atoms with E-state index in [2.05, 4.69) is 5.32 Å². The zero-order valence-electron chi connectivity index (χ0n) is 15.7. The summed E-state index contributed by atoms with van der Waals surface area (Å²) in [6, 6.07) is -0.619. The van der Waals surface area contributed by atoms with E-state index in [-0.39, 0.29) is 23.5 Å². The molecule has 2 rings (SSSR count). The van der Waals surface area contributed by atoms with E-state index in [9.17, 15) is 18.0 Å². The molecule has 2 unspecified atom stereocenters. The molecule has 2 heterocycles. The maximum Gasteiger partial charge on any atom is 0.241 e. The number of rotatable bonds is 7. The lowest BCUT2D eigenvalue weighted by atomic mass is 9.95. The third kappa shape index (κ3) is 5.17. The number of piperidine rings is 2. The van der Waals surface area contributed by atoms with Gasteiger partial charge in [-0.15, -0.1) is 0 Å². The van der Waals surface area contributed by atoms with Crippen LogP contribution >= 0.6 is 0 Å². The Labute approximate surface area is 156 Å². The second kappa shape index (κ2) is 9.66. The number of nitrogens with two attached hydrogens (primary N) is 1. The van der Waals surface area contributed by atoms with Crippen molar-refractivity contribution in [3.05, 3.63) is 0 Å². The van der Waals surface area contributed by atoms with Crippen molar-refractivity contribution in [2.45, 2.75) is 51.5 Å². The predicted molar refractivity (Wildman–Crippen MR) is 99.8 cm³/mol. The molecule has 0 aromatic rings. The smallest absolute Gasteiger partial charge is 0.241 e. The van der Waals surface area contributed by atoms with Gasteiger partial charge in [-0.2, -0.15) is 4.31 Å². The Morgan fingerprint density at radius 2 is 1.92 bits per heavy atom. The molecule has 0 radical (unpaired) electrons. The monoisotopic (exact) mass is 388 g/mol. The lowest BCUT2D eigenvalue weighted by molar-refractivity contribution is -0.139. The standard InChI is InChI=1S/C17H32N4O4S/c1-2-12-26(24,25)21-11-4-3-7-15(21)17(23)20-10-5-6-14(13-20)16(22)19-9-8-18/h14-15H,2-13,18H2,1H3,(H,19,22). The zero-order valence-corrected chi connectivity index (χ0v) is 16.5. The molecule has 2 aliphatic rings. The first-order valence-corrected chi connectivity index (χ1v) is 11.3. The second-order valence-corrected chi connectivity index (χ2v) is 9.18. The Hall–Kier alpha value is -1.19. The fourth-order valence-electron chi connectivity index (χ4n) is 3.80. The van der Waals surface area contributed by atoms with Crippen LogP contribution in [0, 0.1) is 5.92 Å². The van der Waals surface area contributed by atoms with E-state index >= 15 is 0 Å². The number of sulfonamides is 1. The van der Waals surface area contributed by atoms with Crippen molar-refractivity contribution in [1.29, 1.82) is 0 Å². The van der Waals surface area contributed by atoms with Crippen molar-refractivity contribution in [3.8, 4) is 0 Å². The fourth-order valence-corrected chi connectivity index (χ4v) is 5.54. The second-order valence-electron chi connectivity index (χ2n) is 7.14. The molecule has 2 fully saturated rings. The predicted octanol–water partition coefficient (Wildman–Crippen LogP) is -0.106. The number of nitrogens with one attached hydrogen (secondary N) is 1. The quantitative estimate of drug-likeness (QED) is 0.632. The van der Waals surface area contributed by atoms with Crippen LogP contribution in [0.1, 0.15) is 45.4 Å². The summed E-state index contributed by atoms with van der Waals surface area (Å²) in [7, 11) is -3.42. The first-order valence-electron chi connectivity index (χ1n) is 9.66. The molecule has 2 aliphatic heterocycles. The number of carbonyl (C=O) groups excluding carboxylic acids is 2. The van der Waals surface area contributed by atoms with E-state index in [4.69, 9.17) is 5.73 Å². The molecule has 0 spiro atoms. The minimum Gasteiger partial charge on any atom is -0.355 e. The molecular weight excluding hydrogens is 356 g/mol. The van der Waals surface area contributed by atoms with Gasteiger partial charge in [-0.3, -0.25) is 9.59 Å². The minimum absolute atomic E-state index is 0.0703. The van der Waals surface area contributed by atoms with E-state index in [1.165, 1.54) is 4.31 Å². The Bertz CT molecular complexity index is 596. The molecule has 2 saturated heterocycles. The Morgan fingerprint density at radius 1 is 1.15 bits per heavy atom. The molecule has 8 nitrogen and oxygen atoms in total. The van der Waals surface area contributed by atoms with Crippen molar-refractivity contribution in [2.75, 3.05) is 38.5 Å². The molecule has 0 aromatic heterocycles. The molecular formula is C17H32N4O4S. The highest BCUT2D eigenvalue weighted by Crippen LogP contribution is 2.25. The van der Waals surface area contributed by atoms with Gasteiger partial charge in [0.2, 0.25) is 21.8 Å². The van der Waals surface area contributed by atoms with E-state index in [0.717, 1.165) is 25.7 Å². The minimum atomic E-state index is -3.42. The fraction of sp³-hybridized carbons (Fsp3) is 0.882. The van der Waals surface area contributed by atoms with Gasteiger partial charge in [0.1, 0.15) is 6.04 Å². The molecule has 0 aromatic carbocycles. The molecule has 3 N–H and O–H groups in total. The maximum atomic E-state index is 13.1. The van der Waals surface area contributed by atoms with E-state index in [1.807, 2.05) is 6.92 Å². The summed E-state index contributed by atoms with van der Waals surface area (Å²) in [6.07, 6.45) is 4.22. The summed E-state index contributed by atoms with van der Waals surface area (Å²) in [4.78, 5) is 26.9. The number of hydrogen-bond acceptors (Lipinski definition) is 5. The Kier molecular flexibility index (Phi) is 7.85. The third-order valence-electron chi connectivity index (χ3n) is 5.11. The largest absolute Gasteiger partial charge is 0.355 e. The van der Waals surface area contributed by atoms with Crippen LogP contribution in [-0.2, 0) is 19.6 Å². The molecule has 0 aliphatic carbocycles. The van der Waals surface area contributed by atoms with E-state index in [1.54, 1.807) is 4.90 Å². The van der Waals surface area contributed by atoms with Crippen LogP contribution in [0.15, 0.2) is 0 Å². The highest BCUT2D eigenvalue weighted by Gasteiger charge is 2.39. The molecule has 26 heavy (non-hydrogen) atoms. The summed E-state index contributed by atoms with van der Waals surface area (Å²) >= 11 is 0. The van der Waals surface area contributed by atoms with Gasteiger partial charge in [0.05, 0.1) is 11.7 Å². The van der Waals surface area contributed by atoms with Crippen LogP contribution in [0.25, 0.3) is 0 Å². The topological polar surface area (TPSA) is 113 Å². The lowest BCUT2D eigenvalue weighted by Gasteiger charge is -2.39. The Morgan fingerprint density at radius 3 is 2.62 bits per heavy atom. The van der Waals surface area contributed by atoms with Crippen LogP contribution < -0.4 is 11.1 Å². The van der Waals surface area contributed by atoms with Crippen molar-refractivity contribution in [3.63, 3.8) is 0 Å². The number of nitrogens with zero attached hydrogens (tertiary/aromatic N) is 2. The van der Waals surface area contributed by atoms with Gasteiger partial charge in [-0.1, -0.05) is 13.3 Å². The van der Waals surface area contributed by atoms with Crippen molar-refractivity contribution >= 4 is 21.8 Å². The highest BCUT2D eigenvalue weighted by molar-refractivity contribution is 7.89. The number of likely N-dealkylation sites (tertiary alicyclic amines) is 1. The molecule has 0 bridgehead atoms. The summed E-state index contributed by atoms with van der Waals surface area (Å²) in [5, 5.41) is 2.78. The number of hydrogen-bond donors (Lipinski definition) is 2. The first-order chi connectivity index (χ1) is 12.4. The zero-order chi connectivity index (χ0) is 19.2. The summed E-state index contributed by atoms with van der Waals surface area (Å²) in [5.74, 6) is -0.405. The van der Waals surface area contributed by atoms with Crippen molar-refractivity contribution < 1.29 is 18.0 Å². The van der Waals surface area contributed by atoms with Gasteiger partial charge in [0, 0.05) is 32.7 Å². The molecule has 150 valence electrons. The number of carbonyl (C=O) groups is 2. The highest BCUT2D eigenvalue weighted by atomic mass is 32.2. The summed E-state index contributed by atoms with van der Waals surface area (Å²) in [5.41, 5.74) is 5.42. The van der Waals surface area contributed by atoms with Crippen LogP contribution in [0.4, 0.5) is 0 Å². The average Bonchev–Trinajstić information content (AvgIpc) is 2.65. The first kappa shape index (κ1) is 21.1. The average molecular weight is 389 g/mol. The maximum absolute atomic E-state index is 13.1. The van der Waals surface area contributed by atoms with Gasteiger partial charge in [0.15, 0.2) is 0 Å². The normalized spacial score (nSPS) is 25.1. The summed E-state index contributed by atoms with van der Waals surface area (Å²) < 4.78 is 26.5. The van der Waals surface area contributed by atoms with Gasteiger partial charge in [-0.05, 0) is 32.1 Å². The van der Waals surface area contributed by atoms with Crippen LogP contribution in [0.3, 0.4) is 0 Å². The SMILES string of the molecule is CCCS(=O)(=O)N1CCCCC1C(=O)N1CCCC(C(=O)NCCN)C1. The van der Waals surface area contributed by atoms with Crippen LogP contribution in [-0.4, -0.2) is 74.0 Å². The lowest BCUT2D eigenvalue weighted by Crippen LogP contribution is -2.56. The van der Waals surface area contributed by atoms with Gasteiger partial charge in [-0.25, -0.2) is 8.42 Å². The van der Waals surface area contributed by atoms with Crippen molar-refractivity contribution in [1.82, 2.24) is 14.5 Å². The number of amides is 2. The van der Waals surface area contributed by atoms with Crippen molar-refractivity contribution in [2.24, 2.45) is 11.7 Å². The Balaban J connectivity index is 2.06. The molecule has 9 heteroatoms. The van der Waals surface area contributed by atoms with Crippen LogP contribution in [0.2, 0.25) is 0 Å². The van der Waals surface area contributed by atoms with Gasteiger partial charge in [0.25, 0.3) is 0 Å². The van der Waals surface area contributed by atoms with Gasteiger partial charge < -0.3 is 16.0 Å². The molecule has 2 amide bonds. The third-order valence-corrected chi connectivity index (χ3v) is 7.18. The molecule has 0 saturated carbocycles. The molecule has 2 atom stereocenters. The van der Waals surface area contributed by atoms with E-state index in [0.29, 0.717) is 45.6 Å². The summed E-state index contributed by atoms with van der Waals surface area (Å²) in [6.45, 7) is 3.98.